The Morgan fingerprint density at radius 2 is 2.12 bits per heavy atom. The number of benzene rings is 1. The molecule has 1 aliphatic rings. The smallest absolute Gasteiger partial charge is 0.0367 e. The van der Waals surface area contributed by atoms with E-state index in [9.17, 15) is 0 Å². The van der Waals surface area contributed by atoms with E-state index in [0.29, 0.717) is 6.04 Å². The normalized spacial score (nSPS) is 23.1. The van der Waals surface area contributed by atoms with Crippen molar-refractivity contribution >= 4 is 5.69 Å². The zero-order chi connectivity index (χ0) is 11.4. The summed E-state index contributed by atoms with van der Waals surface area (Å²) >= 11 is 0. The van der Waals surface area contributed by atoms with E-state index in [1.807, 2.05) is 0 Å². The van der Waals surface area contributed by atoms with Crippen molar-refractivity contribution in [2.24, 2.45) is 5.92 Å². The molecule has 1 heterocycles. The van der Waals surface area contributed by atoms with Gasteiger partial charge in [0.1, 0.15) is 0 Å². The van der Waals surface area contributed by atoms with Crippen LogP contribution in [0.3, 0.4) is 0 Å². The number of para-hydroxylation sites is 1. The molecular weight excluding hydrogens is 196 g/mol. The van der Waals surface area contributed by atoms with Gasteiger partial charge in [0.25, 0.3) is 0 Å². The molecule has 0 radical (unpaired) electrons. The molecule has 0 spiro atoms. The maximum Gasteiger partial charge on any atom is 0.0367 e. The second-order valence-electron chi connectivity index (χ2n) is 4.73. The quantitative estimate of drug-likeness (QED) is 0.838. The molecule has 0 aliphatic carbocycles. The van der Waals surface area contributed by atoms with Crippen LogP contribution in [-0.4, -0.2) is 25.7 Å². The minimum Gasteiger partial charge on any atom is -0.369 e. The van der Waals surface area contributed by atoms with Crippen molar-refractivity contribution in [3.63, 3.8) is 0 Å². The molecule has 2 atom stereocenters. The predicted octanol–water partition coefficient (Wildman–Crippen LogP) is 2.51. The lowest BCUT2D eigenvalue weighted by molar-refractivity contribution is 0.342. The number of nitrogens with one attached hydrogen (secondary N) is 1. The largest absolute Gasteiger partial charge is 0.369 e. The molecule has 1 saturated heterocycles. The second-order valence-corrected chi connectivity index (χ2v) is 4.73. The van der Waals surface area contributed by atoms with Gasteiger partial charge < -0.3 is 10.2 Å². The van der Waals surface area contributed by atoms with Crippen LogP contribution in [0.15, 0.2) is 30.3 Å². The lowest BCUT2D eigenvalue weighted by Gasteiger charge is -2.37. The van der Waals surface area contributed by atoms with Crippen molar-refractivity contribution < 1.29 is 0 Å². The van der Waals surface area contributed by atoms with Gasteiger partial charge in [-0.05, 0) is 18.1 Å². The van der Waals surface area contributed by atoms with Crippen LogP contribution >= 0.6 is 0 Å². The molecule has 0 bridgehead atoms. The molecule has 2 heteroatoms. The zero-order valence-electron chi connectivity index (χ0n) is 10.3. The van der Waals surface area contributed by atoms with Crippen LogP contribution < -0.4 is 10.2 Å². The van der Waals surface area contributed by atoms with E-state index >= 15 is 0 Å². The van der Waals surface area contributed by atoms with Gasteiger partial charge in [-0.2, -0.15) is 0 Å². The van der Waals surface area contributed by atoms with E-state index in [1.165, 1.54) is 12.1 Å². The molecule has 0 amide bonds. The second kappa shape index (κ2) is 5.35. The molecule has 16 heavy (non-hydrogen) atoms. The summed E-state index contributed by atoms with van der Waals surface area (Å²) in [5.41, 5.74) is 1.36. The molecule has 1 aliphatic heterocycles. The molecule has 2 rings (SSSR count). The van der Waals surface area contributed by atoms with Gasteiger partial charge in [0, 0.05) is 31.4 Å². The topological polar surface area (TPSA) is 15.3 Å². The highest BCUT2D eigenvalue weighted by Crippen LogP contribution is 2.18. The van der Waals surface area contributed by atoms with Gasteiger partial charge in [0.2, 0.25) is 0 Å². The third-order valence-corrected chi connectivity index (χ3v) is 3.66. The third kappa shape index (κ3) is 2.56. The summed E-state index contributed by atoms with van der Waals surface area (Å²) in [6, 6.07) is 11.4. The van der Waals surface area contributed by atoms with Crippen LogP contribution in [0.25, 0.3) is 0 Å². The maximum absolute atomic E-state index is 3.63. The molecule has 1 aromatic rings. The van der Waals surface area contributed by atoms with Crippen molar-refractivity contribution in [3.05, 3.63) is 30.3 Å². The number of nitrogens with zero attached hydrogens (tertiary/aromatic N) is 1. The van der Waals surface area contributed by atoms with Gasteiger partial charge in [-0.1, -0.05) is 38.5 Å². The minimum absolute atomic E-state index is 0.638. The Hall–Kier alpha value is -1.02. The van der Waals surface area contributed by atoms with Gasteiger partial charge in [-0.3, -0.25) is 0 Å². The maximum atomic E-state index is 3.63. The summed E-state index contributed by atoms with van der Waals surface area (Å²) in [7, 11) is 0. The average Bonchev–Trinajstić information content (AvgIpc) is 2.39. The predicted molar refractivity (Wildman–Crippen MR) is 69.9 cm³/mol. The summed E-state index contributed by atoms with van der Waals surface area (Å²) in [5.74, 6) is 0.756. The van der Waals surface area contributed by atoms with Crippen LogP contribution in [0, 0.1) is 5.92 Å². The lowest BCUT2D eigenvalue weighted by Crippen LogP contribution is -2.53. The number of anilines is 1. The number of hydrogen-bond acceptors (Lipinski definition) is 2. The number of piperazine rings is 1. The van der Waals surface area contributed by atoms with Crippen molar-refractivity contribution in [1.82, 2.24) is 5.32 Å². The third-order valence-electron chi connectivity index (χ3n) is 3.66. The molecule has 2 nitrogen and oxygen atoms in total. The molecular formula is C14H22N2. The summed E-state index contributed by atoms with van der Waals surface area (Å²) in [6.45, 7) is 7.97. The molecule has 1 fully saturated rings. The van der Waals surface area contributed by atoms with Gasteiger partial charge >= 0.3 is 0 Å². The Labute approximate surface area is 98.7 Å². The molecule has 0 aromatic heterocycles. The average molecular weight is 218 g/mol. The first-order valence-corrected chi connectivity index (χ1v) is 6.34. The van der Waals surface area contributed by atoms with Crippen molar-refractivity contribution in [3.8, 4) is 0 Å². The van der Waals surface area contributed by atoms with Crippen molar-refractivity contribution in [2.75, 3.05) is 24.5 Å². The van der Waals surface area contributed by atoms with Crippen LogP contribution in [0.1, 0.15) is 20.3 Å². The number of hydrogen-bond donors (Lipinski definition) is 1. The summed E-state index contributed by atoms with van der Waals surface area (Å²) in [6.07, 6.45) is 1.25. The molecule has 88 valence electrons. The van der Waals surface area contributed by atoms with Crippen LogP contribution in [0.5, 0.6) is 0 Å². The fourth-order valence-electron chi connectivity index (χ4n) is 2.32. The zero-order valence-corrected chi connectivity index (χ0v) is 10.3. The first-order chi connectivity index (χ1) is 7.81. The SMILES string of the molecule is CCC(C)C1CN(c2ccccc2)CCN1. The monoisotopic (exact) mass is 218 g/mol. The van der Waals surface area contributed by atoms with Crippen molar-refractivity contribution in [2.45, 2.75) is 26.3 Å². The van der Waals surface area contributed by atoms with Crippen LogP contribution in [-0.2, 0) is 0 Å². The van der Waals surface area contributed by atoms with Gasteiger partial charge in [-0.15, -0.1) is 0 Å². The molecule has 0 saturated carbocycles. The minimum atomic E-state index is 0.638. The Morgan fingerprint density at radius 1 is 1.38 bits per heavy atom. The van der Waals surface area contributed by atoms with E-state index < -0.39 is 0 Å². The Kier molecular flexibility index (Phi) is 3.83. The standard InChI is InChI=1S/C14H22N2/c1-3-12(2)14-11-16(10-9-15-14)13-7-5-4-6-8-13/h4-8,12,14-15H,3,9-11H2,1-2H3. The van der Waals surface area contributed by atoms with Crippen molar-refractivity contribution in [1.29, 1.82) is 0 Å². The molecule has 1 N–H and O–H groups in total. The summed E-state index contributed by atoms with van der Waals surface area (Å²) in [4.78, 5) is 2.49. The first kappa shape index (κ1) is 11.5. The Balaban J connectivity index is 2.02. The van der Waals surface area contributed by atoms with Crippen LogP contribution in [0.4, 0.5) is 5.69 Å². The highest BCUT2D eigenvalue weighted by Gasteiger charge is 2.22. The number of rotatable bonds is 3. The lowest BCUT2D eigenvalue weighted by atomic mass is 9.97. The van der Waals surface area contributed by atoms with Gasteiger partial charge in [0.15, 0.2) is 0 Å². The van der Waals surface area contributed by atoms with E-state index in [-0.39, 0.29) is 0 Å². The van der Waals surface area contributed by atoms with E-state index in [2.05, 4.69) is 54.4 Å². The first-order valence-electron chi connectivity index (χ1n) is 6.34. The highest BCUT2D eigenvalue weighted by atomic mass is 15.2. The van der Waals surface area contributed by atoms with Crippen LogP contribution in [0.2, 0.25) is 0 Å². The fraction of sp³-hybridized carbons (Fsp3) is 0.571. The highest BCUT2D eigenvalue weighted by molar-refractivity contribution is 5.46. The van der Waals surface area contributed by atoms with Gasteiger partial charge in [0.05, 0.1) is 0 Å². The molecule has 2 unspecified atom stereocenters. The van der Waals surface area contributed by atoms with E-state index in [0.717, 1.165) is 25.6 Å². The Morgan fingerprint density at radius 3 is 2.81 bits per heavy atom. The fourth-order valence-corrected chi connectivity index (χ4v) is 2.32. The summed E-state index contributed by atoms with van der Waals surface area (Å²) in [5, 5.41) is 3.63. The van der Waals surface area contributed by atoms with E-state index in [4.69, 9.17) is 0 Å². The summed E-state index contributed by atoms with van der Waals surface area (Å²) < 4.78 is 0. The Bertz CT molecular complexity index is 310. The molecule has 1 aromatic carbocycles. The van der Waals surface area contributed by atoms with Gasteiger partial charge in [-0.25, -0.2) is 0 Å². The van der Waals surface area contributed by atoms with E-state index in [1.54, 1.807) is 0 Å².